The second-order valence-electron chi connectivity index (χ2n) is 5.23. The SMILES string of the molecule is O=C1SC(=Cc2c(F)ccc(O)c2F)C(=O)N1Cc1cccc(O)c1. The largest absolute Gasteiger partial charge is 0.508 e. The van der Waals surface area contributed by atoms with Gasteiger partial charge in [-0.15, -0.1) is 0 Å². The minimum absolute atomic E-state index is 0.0103. The number of phenolic OH excluding ortho intramolecular Hbond substituents is 2. The quantitative estimate of drug-likeness (QED) is 0.815. The summed E-state index contributed by atoms with van der Waals surface area (Å²) < 4.78 is 27.6. The van der Waals surface area contributed by atoms with E-state index in [1.54, 1.807) is 12.1 Å². The fourth-order valence-corrected chi connectivity index (χ4v) is 3.12. The van der Waals surface area contributed by atoms with Gasteiger partial charge in [-0.25, -0.2) is 8.78 Å². The van der Waals surface area contributed by atoms with Crippen LogP contribution < -0.4 is 0 Å². The molecule has 0 saturated carbocycles. The molecule has 1 heterocycles. The van der Waals surface area contributed by atoms with Crippen molar-refractivity contribution in [2.24, 2.45) is 0 Å². The highest BCUT2D eigenvalue weighted by Gasteiger charge is 2.35. The summed E-state index contributed by atoms with van der Waals surface area (Å²) in [6.07, 6.45) is 0.901. The topological polar surface area (TPSA) is 77.8 Å². The highest BCUT2D eigenvalue weighted by atomic mass is 32.2. The van der Waals surface area contributed by atoms with Crippen molar-refractivity contribution in [1.82, 2.24) is 4.90 Å². The maximum absolute atomic E-state index is 13.8. The fourth-order valence-electron chi connectivity index (χ4n) is 2.29. The van der Waals surface area contributed by atoms with Crippen molar-refractivity contribution in [3.8, 4) is 11.5 Å². The first kappa shape index (κ1) is 17.0. The molecule has 8 heteroatoms. The molecule has 0 aliphatic carbocycles. The van der Waals surface area contributed by atoms with Crippen LogP contribution in [0.5, 0.6) is 11.5 Å². The van der Waals surface area contributed by atoms with Crippen LogP contribution in [0, 0.1) is 11.6 Å². The van der Waals surface area contributed by atoms with Crippen molar-refractivity contribution in [2.45, 2.75) is 6.54 Å². The number of thioether (sulfide) groups is 1. The number of carbonyl (C=O) groups excluding carboxylic acids is 2. The molecule has 0 unspecified atom stereocenters. The summed E-state index contributed by atoms with van der Waals surface area (Å²) >= 11 is 0.544. The average Bonchev–Trinajstić information content (AvgIpc) is 2.83. The molecule has 25 heavy (non-hydrogen) atoms. The van der Waals surface area contributed by atoms with E-state index in [1.807, 2.05) is 0 Å². The first-order valence-electron chi connectivity index (χ1n) is 7.07. The van der Waals surface area contributed by atoms with E-state index in [-0.39, 0.29) is 17.2 Å². The van der Waals surface area contributed by atoms with Crippen LogP contribution in [-0.2, 0) is 11.3 Å². The third-order valence-electron chi connectivity index (χ3n) is 3.51. The standard InChI is InChI=1S/C17H11F2NO4S/c18-12-4-5-13(22)15(19)11(12)7-14-16(23)20(17(24)25-14)8-9-2-1-3-10(21)6-9/h1-7,21-22H,8H2. The Hall–Kier alpha value is -2.87. The Balaban J connectivity index is 1.90. The number of halogens is 2. The maximum Gasteiger partial charge on any atom is 0.293 e. The van der Waals surface area contributed by atoms with Crippen molar-refractivity contribution in [3.63, 3.8) is 0 Å². The zero-order chi connectivity index (χ0) is 18.1. The van der Waals surface area contributed by atoms with Gasteiger partial charge in [0.1, 0.15) is 11.6 Å². The summed E-state index contributed by atoms with van der Waals surface area (Å²) in [4.78, 5) is 25.2. The highest BCUT2D eigenvalue weighted by molar-refractivity contribution is 8.18. The smallest absolute Gasteiger partial charge is 0.293 e. The Morgan fingerprint density at radius 1 is 1.12 bits per heavy atom. The summed E-state index contributed by atoms with van der Waals surface area (Å²) in [5.74, 6) is -3.65. The fraction of sp³-hybridized carbons (Fsp3) is 0.0588. The molecule has 128 valence electrons. The molecule has 0 aromatic heterocycles. The molecule has 1 fully saturated rings. The van der Waals surface area contributed by atoms with E-state index in [4.69, 9.17) is 0 Å². The van der Waals surface area contributed by atoms with Gasteiger partial charge in [-0.2, -0.15) is 0 Å². The number of hydrogen-bond donors (Lipinski definition) is 2. The molecule has 1 saturated heterocycles. The number of rotatable bonds is 3. The molecule has 0 bridgehead atoms. The summed E-state index contributed by atoms with van der Waals surface area (Å²) in [7, 11) is 0. The number of phenols is 2. The van der Waals surface area contributed by atoms with Gasteiger partial charge in [0.05, 0.1) is 17.0 Å². The number of carbonyl (C=O) groups is 2. The molecule has 5 nitrogen and oxygen atoms in total. The van der Waals surface area contributed by atoms with Crippen LogP contribution >= 0.6 is 11.8 Å². The summed E-state index contributed by atoms with van der Waals surface area (Å²) in [6, 6.07) is 7.77. The number of hydrogen-bond acceptors (Lipinski definition) is 5. The third kappa shape index (κ3) is 3.34. The van der Waals surface area contributed by atoms with E-state index in [0.29, 0.717) is 17.3 Å². The van der Waals surface area contributed by atoms with Crippen LogP contribution in [0.2, 0.25) is 0 Å². The lowest BCUT2D eigenvalue weighted by Gasteiger charge is -2.12. The Bertz CT molecular complexity index is 914. The zero-order valence-corrected chi connectivity index (χ0v) is 13.4. The molecular weight excluding hydrogens is 352 g/mol. The first-order valence-corrected chi connectivity index (χ1v) is 7.88. The maximum atomic E-state index is 13.8. The number of benzene rings is 2. The molecule has 3 rings (SSSR count). The number of amides is 2. The lowest BCUT2D eigenvalue weighted by molar-refractivity contribution is -0.123. The van der Waals surface area contributed by atoms with Gasteiger partial charge >= 0.3 is 0 Å². The number of nitrogens with zero attached hydrogens (tertiary/aromatic N) is 1. The second kappa shape index (κ2) is 6.56. The lowest BCUT2D eigenvalue weighted by Crippen LogP contribution is -2.27. The van der Waals surface area contributed by atoms with E-state index in [9.17, 15) is 28.6 Å². The van der Waals surface area contributed by atoms with Gasteiger partial charge in [-0.1, -0.05) is 12.1 Å². The molecular formula is C17H11F2NO4S. The molecule has 2 aromatic rings. The van der Waals surface area contributed by atoms with Gasteiger partial charge < -0.3 is 10.2 Å². The lowest BCUT2D eigenvalue weighted by atomic mass is 10.1. The molecule has 0 spiro atoms. The number of aromatic hydroxyl groups is 2. The van der Waals surface area contributed by atoms with Crippen LogP contribution in [0.25, 0.3) is 6.08 Å². The summed E-state index contributed by atoms with van der Waals surface area (Å²) in [6.45, 7) is -0.0819. The van der Waals surface area contributed by atoms with Crippen LogP contribution in [0.4, 0.5) is 13.6 Å². The van der Waals surface area contributed by atoms with Gasteiger partial charge in [0, 0.05) is 0 Å². The highest BCUT2D eigenvalue weighted by Crippen LogP contribution is 2.35. The average molecular weight is 363 g/mol. The Kier molecular flexibility index (Phi) is 4.45. The van der Waals surface area contributed by atoms with Crippen LogP contribution in [0.1, 0.15) is 11.1 Å². The molecule has 1 aliphatic rings. The van der Waals surface area contributed by atoms with Crippen molar-refractivity contribution in [2.75, 3.05) is 0 Å². The van der Waals surface area contributed by atoms with Crippen LogP contribution in [0.15, 0.2) is 41.3 Å². The molecule has 2 amide bonds. The molecule has 0 radical (unpaired) electrons. The monoisotopic (exact) mass is 363 g/mol. The minimum atomic E-state index is -1.21. The van der Waals surface area contributed by atoms with Crippen molar-refractivity contribution < 1.29 is 28.6 Å². The summed E-state index contributed by atoms with van der Waals surface area (Å²) in [5, 5.41) is 18.2. The first-order chi connectivity index (χ1) is 11.9. The van der Waals surface area contributed by atoms with Crippen LogP contribution in [-0.4, -0.2) is 26.3 Å². The van der Waals surface area contributed by atoms with Gasteiger partial charge in [0.2, 0.25) is 0 Å². The normalized spacial score (nSPS) is 16.1. The van der Waals surface area contributed by atoms with E-state index in [0.717, 1.165) is 23.1 Å². The molecule has 0 atom stereocenters. The van der Waals surface area contributed by atoms with Gasteiger partial charge in [-0.3, -0.25) is 14.5 Å². The van der Waals surface area contributed by atoms with Crippen molar-refractivity contribution in [3.05, 3.63) is 64.1 Å². The zero-order valence-electron chi connectivity index (χ0n) is 12.6. The minimum Gasteiger partial charge on any atom is -0.508 e. The molecule has 2 N–H and O–H groups in total. The second-order valence-corrected chi connectivity index (χ2v) is 6.23. The van der Waals surface area contributed by atoms with E-state index >= 15 is 0 Å². The van der Waals surface area contributed by atoms with Gasteiger partial charge in [0.25, 0.3) is 11.1 Å². The van der Waals surface area contributed by atoms with E-state index in [2.05, 4.69) is 0 Å². The predicted octanol–water partition coefficient (Wildman–Crippen LogP) is 3.61. The molecule has 2 aromatic carbocycles. The Morgan fingerprint density at radius 3 is 2.60 bits per heavy atom. The van der Waals surface area contributed by atoms with Crippen LogP contribution in [0.3, 0.4) is 0 Å². The molecule has 1 aliphatic heterocycles. The third-order valence-corrected chi connectivity index (χ3v) is 4.41. The van der Waals surface area contributed by atoms with Gasteiger partial charge in [0.15, 0.2) is 11.6 Å². The summed E-state index contributed by atoms with van der Waals surface area (Å²) in [5.41, 5.74) is -0.0684. The van der Waals surface area contributed by atoms with Crippen molar-refractivity contribution in [1.29, 1.82) is 0 Å². The Morgan fingerprint density at radius 2 is 1.88 bits per heavy atom. The van der Waals surface area contributed by atoms with E-state index in [1.165, 1.54) is 12.1 Å². The predicted molar refractivity (Wildman–Crippen MR) is 87.6 cm³/mol. The Labute approximate surface area is 145 Å². The van der Waals surface area contributed by atoms with Crippen molar-refractivity contribution >= 4 is 29.0 Å². The van der Waals surface area contributed by atoms with Gasteiger partial charge in [-0.05, 0) is 47.7 Å². The number of imide groups is 1. The van der Waals surface area contributed by atoms with E-state index < -0.39 is 34.1 Å².